The van der Waals surface area contributed by atoms with E-state index in [1.165, 1.54) is 5.69 Å². The van der Waals surface area contributed by atoms with Crippen molar-refractivity contribution in [2.75, 3.05) is 54.9 Å². The molecule has 1 saturated heterocycles. The van der Waals surface area contributed by atoms with Gasteiger partial charge in [-0.3, -0.25) is 14.5 Å². The fourth-order valence-corrected chi connectivity index (χ4v) is 5.70. The second-order valence-corrected chi connectivity index (χ2v) is 11.4. The minimum absolute atomic E-state index is 0.158. The lowest BCUT2D eigenvalue weighted by atomic mass is 10.1. The van der Waals surface area contributed by atoms with Crippen molar-refractivity contribution in [3.05, 3.63) is 65.1 Å². The van der Waals surface area contributed by atoms with Crippen LogP contribution in [0.5, 0.6) is 5.75 Å². The van der Waals surface area contributed by atoms with Gasteiger partial charge in [-0.1, -0.05) is 12.2 Å². The standard InChI is InChI=1S/C30H33N9O3/c1-30(2)28(41)37-13-5-4-6-14-38-27(40)22-19-31-29(34-25(22)39(38)24-12-11-23(42-30)26(37)33-24)32-20-7-9-21(10-8-20)36-17-15-35(3)16-18-36/h4,6-12,19H,5,13-18H2,1-3H3,(H,31,32,34)/b6-4+. The predicted octanol–water partition coefficient (Wildman–Crippen LogP) is 2.94. The molecule has 0 radical (unpaired) electrons. The normalized spacial score (nSPS) is 19.2. The van der Waals surface area contributed by atoms with Crippen LogP contribution in [-0.4, -0.2) is 80.5 Å². The Morgan fingerprint density at radius 3 is 2.50 bits per heavy atom. The van der Waals surface area contributed by atoms with Crippen molar-refractivity contribution < 1.29 is 9.53 Å². The third kappa shape index (κ3) is 4.48. The highest BCUT2D eigenvalue weighted by Crippen LogP contribution is 2.37. The van der Waals surface area contributed by atoms with Crippen LogP contribution in [0.2, 0.25) is 0 Å². The summed E-state index contributed by atoms with van der Waals surface area (Å²) in [4.78, 5) is 47.2. The van der Waals surface area contributed by atoms with Crippen molar-refractivity contribution in [2.45, 2.75) is 32.4 Å². The number of pyridine rings is 1. The van der Waals surface area contributed by atoms with Crippen molar-refractivity contribution in [1.29, 1.82) is 0 Å². The number of ether oxygens (including phenoxy) is 1. The van der Waals surface area contributed by atoms with Crippen LogP contribution in [-0.2, 0) is 11.3 Å². The van der Waals surface area contributed by atoms with E-state index < -0.39 is 5.60 Å². The summed E-state index contributed by atoms with van der Waals surface area (Å²) < 4.78 is 9.30. The molecule has 2 bridgehead atoms. The van der Waals surface area contributed by atoms with Crippen LogP contribution in [0.15, 0.2) is 59.5 Å². The summed E-state index contributed by atoms with van der Waals surface area (Å²) in [6, 6.07) is 11.8. The molecule has 0 atom stereocenters. The summed E-state index contributed by atoms with van der Waals surface area (Å²) in [5.41, 5.74) is 1.22. The Balaban J connectivity index is 1.27. The van der Waals surface area contributed by atoms with Gasteiger partial charge in [-0.25, -0.2) is 19.3 Å². The molecule has 0 aliphatic carbocycles. The predicted molar refractivity (Wildman–Crippen MR) is 161 cm³/mol. The van der Waals surface area contributed by atoms with Crippen LogP contribution >= 0.6 is 0 Å². The molecule has 1 N–H and O–H groups in total. The van der Waals surface area contributed by atoms with E-state index in [2.05, 4.69) is 39.3 Å². The van der Waals surface area contributed by atoms with Gasteiger partial charge in [-0.15, -0.1) is 0 Å². The third-order valence-electron chi connectivity index (χ3n) is 8.05. The molecule has 3 aliphatic rings. The molecular formula is C30H33N9O3. The highest BCUT2D eigenvalue weighted by atomic mass is 16.5. The van der Waals surface area contributed by atoms with Gasteiger partial charge >= 0.3 is 0 Å². The first-order valence-electron chi connectivity index (χ1n) is 14.2. The van der Waals surface area contributed by atoms with Crippen molar-refractivity contribution in [3.63, 3.8) is 0 Å². The van der Waals surface area contributed by atoms with E-state index in [1.54, 1.807) is 46.4 Å². The Bertz CT molecular complexity index is 1770. The molecule has 0 saturated carbocycles. The lowest BCUT2D eigenvalue weighted by Crippen LogP contribution is -2.53. The molecule has 1 aromatic carbocycles. The van der Waals surface area contributed by atoms with Crippen LogP contribution < -0.4 is 25.4 Å². The number of benzene rings is 1. The number of amides is 1. The number of likely N-dealkylation sites (N-methyl/N-ethyl adjacent to an activating group) is 1. The molecule has 42 heavy (non-hydrogen) atoms. The number of hydrogen-bond acceptors (Lipinski definition) is 9. The van der Waals surface area contributed by atoms with Gasteiger partial charge in [0.1, 0.15) is 5.39 Å². The quantitative estimate of drug-likeness (QED) is 0.373. The fourth-order valence-electron chi connectivity index (χ4n) is 5.70. The van der Waals surface area contributed by atoms with Crippen LogP contribution in [0.25, 0.3) is 16.9 Å². The van der Waals surface area contributed by atoms with Gasteiger partial charge in [0.15, 0.2) is 28.6 Å². The Kier molecular flexibility index (Phi) is 6.23. The van der Waals surface area contributed by atoms with Crippen LogP contribution in [0, 0.1) is 0 Å². The van der Waals surface area contributed by atoms with Crippen LogP contribution in [0.3, 0.4) is 0 Å². The zero-order chi connectivity index (χ0) is 29.0. The van der Waals surface area contributed by atoms with Crippen molar-refractivity contribution in [2.24, 2.45) is 0 Å². The highest BCUT2D eigenvalue weighted by molar-refractivity contribution is 6.01. The number of nitrogens with zero attached hydrogens (tertiary/aromatic N) is 8. The molecule has 3 aliphatic heterocycles. The van der Waals surface area contributed by atoms with Gasteiger partial charge in [0.2, 0.25) is 5.95 Å². The number of carbonyl (C=O) groups is 1. The Hall–Kier alpha value is -4.71. The van der Waals surface area contributed by atoms with Gasteiger partial charge in [0.05, 0.1) is 6.54 Å². The monoisotopic (exact) mass is 567 g/mol. The number of hydrogen-bond donors (Lipinski definition) is 1. The van der Waals surface area contributed by atoms with Crippen molar-refractivity contribution in [3.8, 4) is 11.6 Å². The summed E-state index contributed by atoms with van der Waals surface area (Å²) in [5, 5.41) is 3.66. The minimum Gasteiger partial charge on any atom is -0.474 e. The molecule has 216 valence electrons. The van der Waals surface area contributed by atoms with E-state index >= 15 is 0 Å². The van der Waals surface area contributed by atoms with E-state index in [0.717, 1.165) is 31.9 Å². The smallest absolute Gasteiger partial charge is 0.278 e. The van der Waals surface area contributed by atoms with Gasteiger partial charge in [-0.2, -0.15) is 4.98 Å². The molecule has 0 unspecified atom stereocenters. The zero-order valence-electron chi connectivity index (χ0n) is 23.9. The molecule has 1 amide bonds. The summed E-state index contributed by atoms with van der Waals surface area (Å²) in [6.07, 6.45) is 6.07. The first kappa shape index (κ1) is 26.2. The van der Waals surface area contributed by atoms with Gasteiger partial charge in [-0.05, 0) is 63.7 Å². The average Bonchev–Trinajstić information content (AvgIpc) is 3.24. The SMILES string of the molecule is CN1CCN(c2ccc(Nc3ncc4c(=O)n5n(c4n3)-c3ccc4c(n3)N(CC/C=C/C5)C(=O)C(C)(C)O4)cc2)CC1. The second-order valence-electron chi connectivity index (χ2n) is 11.4. The summed E-state index contributed by atoms with van der Waals surface area (Å²) >= 11 is 0. The molecule has 12 heteroatoms. The number of rotatable bonds is 3. The summed E-state index contributed by atoms with van der Waals surface area (Å²) in [6.45, 7) is 8.39. The average molecular weight is 568 g/mol. The lowest BCUT2D eigenvalue weighted by Gasteiger charge is -2.37. The molecule has 7 rings (SSSR count). The highest BCUT2D eigenvalue weighted by Gasteiger charge is 2.41. The first-order valence-corrected chi connectivity index (χ1v) is 14.2. The van der Waals surface area contributed by atoms with Crippen LogP contribution in [0.4, 0.5) is 23.1 Å². The number of piperazine rings is 1. The Labute approximate surface area is 242 Å². The summed E-state index contributed by atoms with van der Waals surface area (Å²) in [5.74, 6) is 1.61. The van der Waals surface area contributed by atoms with E-state index in [4.69, 9.17) is 14.7 Å². The van der Waals surface area contributed by atoms with E-state index in [9.17, 15) is 9.59 Å². The molecule has 12 nitrogen and oxygen atoms in total. The van der Waals surface area contributed by atoms with Crippen molar-refractivity contribution >= 4 is 40.1 Å². The number of carbonyl (C=O) groups excluding carboxylic acids is 1. The number of nitrogens with one attached hydrogen (secondary N) is 1. The second kappa shape index (κ2) is 9.98. The van der Waals surface area contributed by atoms with Gasteiger partial charge in [0.25, 0.3) is 11.5 Å². The minimum atomic E-state index is -1.00. The molecule has 0 spiro atoms. The maximum Gasteiger partial charge on any atom is 0.278 e. The van der Waals surface area contributed by atoms with Crippen molar-refractivity contribution in [1.82, 2.24) is 29.2 Å². The maximum absolute atomic E-state index is 13.5. The largest absolute Gasteiger partial charge is 0.474 e. The summed E-state index contributed by atoms with van der Waals surface area (Å²) in [7, 11) is 2.15. The number of fused-ring (bicyclic) bond motifs is 5. The topological polar surface area (TPSA) is 114 Å². The van der Waals surface area contributed by atoms with Crippen LogP contribution in [0.1, 0.15) is 20.3 Å². The Morgan fingerprint density at radius 1 is 0.929 bits per heavy atom. The zero-order valence-corrected chi connectivity index (χ0v) is 23.9. The van der Waals surface area contributed by atoms with E-state index in [0.29, 0.717) is 53.9 Å². The maximum atomic E-state index is 13.5. The molecular weight excluding hydrogens is 534 g/mol. The molecule has 6 heterocycles. The van der Waals surface area contributed by atoms with Gasteiger partial charge < -0.3 is 19.9 Å². The lowest BCUT2D eigenvalue weighted by molar-refractivity contribution is -0.132. The third-order valence-corrected chi connectivity index (χ3v) is 8.05. The Morgan fingerprint density at radius 2 is 1.71 bits per heavy atom. The number of allylic oxidation sites excluding steroid dienone is 1. The van der Waals surface area contributed by atoms with E-state index in [-0.39, 0.29) is 11.5 Å². The molecule has 1 fully saturated rings. The number of aromatic nitrogens is 5. The fraction of sp³-hybridized carbons (Fsp3) is 0.367. The first-order chi connectivity index (χ1) is 20.3. The van der Waals surface area contributed by atoms with Gasteiger partial charge in [0, 0.05) is 50.3 Å². The molecule has 4 aromatic rings. The molecule has 3 aromatic heterocycles. The number of anilines is 4. The van der Waals surface area contributed by atoms with E-state index in [1.807, 2.05) is 24.3 Å².